The van der Waals surface area contributed by atoms with Crippen molar-refractivity contribution in [2.75, 3.05) is 30.0 Å². The molecule has 14 heteroatoms. The first kappa shape index (κ1) is 35.5. The van der Waals surface area contributed by atoms with E-state index in [1.807, 2.05) is 6.92 Å². The third-order valence-electron chi connectivity index (χ3n) is 9.99. The van der Waals surface area contributed by atoms with Gasteiger partial charge in [0.2, 0.25) is 0 Å². The number of aryl methyl sites for hydroxylation is 2. The molecule has 48 heavy (non-hydrogen) atoms. The Labute approximate surface area is 276 Å². The molecule has 0 saturated heterocycles. The molecule has 2 aliphatic rings. The van der Waals surface area contributed by atoms with Crippen molar-refractivity contribution in [2.24, 2.45) is 18.9 Å². The number of carbonyl (C=O) groups is 1. The number of tetrazole rings is 1. The zero-order chi connectivity index (χ0) is 35.0. The van der Waals surface area contributed by atoms with E-state index in [-0.39, 0.29) is 30.1 Å². The van der Waals surface area contributed by atoms with Gasteiger partial charge in [0.05, 0.1) is 31.3 Å². The second kappa shape index (κ2) is 13.9. The van der Waals surface area contributed by atoms with Crippen molar-refractivity contribution >= 4 is 17.6 Å². The summed E-state index contributed by atoms with van der Waals surface area (Å²) in [5.41, 5.74) is 2.32. The van der Waals surface area contributed by atoms with E-state index in [1.54, 1.807) is 11.9 Å². The number of alkyl halides is 6. The monoisotopic (exact) mass is 680 g/mol. The molecule has 2 heterocycles. The Balaban J connectivity index is 1.53. The third-order valence-corrected chi connectivity index (χ3v) is 9.99. The van der Waals surface area contributed by atoms with Gasteiger partial charge in [0, 0.05) is 31.7 Å². The predicted molar refractivity (Wildman–Crippen MR) is 168 cm³/mol. The van der Waals surface area contributed by atoms with Crippen LogP contribution in [0.2, 0.25) is 0 Å². The highest BCUT2D eigenvalue weighted by molar-refractivity contribution is 5.69. The Hall–Kier alpha value is -3.84. The molecule has 1 aliphatic heterocycles. The van der Waals surface area contributed by atoms with E-state index in [1.165, 1.54) is 11.9 Å². The molecule has 262 valence electrons. The van der Waals surface area contributed by atoms with Gasteiger partial charge in [-0.2, -0.15) is 31.1 Å². The fourth-order valence-electron chi connectivity index (χ4n) is 7.29. The van der Waals surface area contributed by atoms with Crippen LogP contribution in [0.15, 0.2) is 24.3 Å². The molecule has 5 rings (SSSR count). The minimum Gasteiger partial charge on any atom is -0.469 e. The zero-order valence-electron chi connectivity index (χ0n) is 27.9. The largest absolute Gasteiger partial charge is 0.469 e. The molecule has 2 aromatic carbocycles. The van der Waals surface area contributed by atoms with E-state index in [2.05, 4.69) is 40.2 Å². The van der Waals surface area contributed by atoms with Crippen LogP contribution in [0, 0.1) is 32.6 Å². The Morgan fingerprint density at radius 1 is 0.917 bits per heavy atom. The number of fused-ring (bicyclic) bond motifs is 1. The lowest BCUT2D eigenvalue weighted by molar-refractivity contribution is -0.143. The van der Waals surface area contributed by atoms with Crippen LogP contribution in [0.4, 0.5) is 38.0 Å². The van der Waals surface area contributed by atoms with Gasteiger partial charge in [-0.05, 0) is 122 Å². The zero-order valence-corrected chi connectivity index (χ0v) is 27.9. The first-order chi connectivity index (χ1) is 22.5. The van der Waals surface area contributed by atoms with Crippen molar-refractivity contribution in [3.63, 3.8) is 0 Å². The summed E-state index contributed by atoms with van der Waals surface area (Å²) in [5, 5.41) is 12.5. The number of benzene rings is 2. The van der Waals surface area contributed by atoms with Gasteiger partial charge >= 0.3 is 18.3 Å². The summed E-state index contributed by atoms with van der Waals surface area (Å²) in [6.45, 7) is 7.38. The summed E-state index contributed by atoms with van der Waals surface area (Å²) in [4.78, 5) is 17.1. The Morgan fingerprint density at radius 3 is 2.10 bits per heavy atom. The Kier molecular flexibility index (Phi) is 10.3. The molecular weight excluding hydrogens is 638 g/mol. The van der Waals surface area contributed by atoms with Gasteiger partial charge in [-0.3, -0.25) is 4.79 Å². The fraction of sp³-hybridized carbons (Fsp3) is 0.588. The summed E-state index contributed by atoms with van der Waals surface area (Å²) in [5.74, 6) is 0.651. The summed E-state index contributed by atoms with van der Waals surface area (Å²) >= 11 is 0. The number of anilines is 2. The van der Waals surface area contributed by atoms with Crippen LogP contribution in [0.5, 0.6) is 0 Å². The lowest BCUT2D eigenvalue weighted by Crippen LogP contribution is -2.34. The van der Waals surface area contributed by atoms with Crippen molar-refractivity contribution in [1.82, 2.24) is 20.2 Å². The van der Waals surface area contributed by atoms with Gasteiger partial charge in [0.1, 0.15) is 0 Å². The molecule has 1 saturated carbocycles. The van der Waals surface area contributed by atoms with Gasteiger partial charge in [-0.25, -0.2) is 0 Å². The van der Waals surface area contributed by atoms with Gasteiger partial charge in [-0.1, -0.05) is 11.2 Å². The molecule has 8 nitrogen and oxygen atoms in total. The lowest BCUT2D eigenvalue weighted by Gasteiger charge is -2.36. The van der Waals surface area contributed by atoms with Gasteiger partial charge in [-0.15, -0.1) is 5.10 Å². The number of esters is 1. The molecule has 0 unspecified atom stereocenters. The SMILES string of the molecule is COC(=O)CC1CCC(CN2CCC[C@H](N(Cc3cc(C(F)(F)F)cc(C(F)(F)F)c3)c3nnn(C)n3)c3cc(C)c(C)c(C)c32)CC1. The van der Waals surface area contributed by atoms with Crippen LogP contribution in [0.3, 0.4) is 0 Å². The molecule has 1 atom stereocenters. The summed E-state index contributed by atoms with van der Waals surface area (Å²) < 4.78 is 87.8. The quantitative estimate of drug-likeness (QED) is 0.177. The van der Waals surface area contributed by atoms with Crippen LogP contribution >= 0.6 is 0 Å². The summed E-state index contributed by atoms with van der Waals surface area (Å²) in [7, 11) is 2.96. The number of hydrogen-bond acceptors (Lipinski definition) is 7. The van der Waals surface area contributed by atoms with E-state index in [0.29, 0.717) is 24.7 Å². The molecule has 0 bridgehead atoms. The molecule has 1 aliphatic carbocycles. The van der Waals surface area contributed by atoms with Gasteiger partial charge in [0.15, 0.2) is 0 Å². The maximum atomic E-state index is 13.8. The van der Waals surface area contributed by atoms with E-state index < -0.39 is 29.5 Å². The van der Waals surface area contributed by atoms with Crippen molar-refractivity contribution in [2.45, 2.75) is 90.7 Å². The molecule has 0 radical (unpaired) electrons. The Morgan fingerprint density at radius 2 is 1.54 bits per heavy atom. The van der Waals surface area contributed by atoms with E-state index in [9.17, 15) is 31.1 Å². The van der Waals surface area contributed by atoms with Crippen molar-refractivity contribution in [3.05, 3.63) is 63.2 Å². The highest BCUT2D eigenvalue weighted by Crippen LogP contribution is 2.44. The number of hydrogen-bond donors (Lipinski definition) is 0. The highest BCUT2D eigenvalue weighted by Gasteiger charge is 2.38. The van der Waals surface area contributed by atoms with Crippen LogP contribution in [0.25, 0.3) is 0 Å². The standard InChI is InChI=1S/C34H42F6N6O2/c1-20-13-28-29(7-6-12-45(31(28)22(3)21(20)2)18-24-10-8-23(9-11-24)16-30(47)48-5)46(32-41-43-44(4)42-32)19-25-14-26(33(35,36)37)17-27(15-25)34(38,39)40/h13-15,17,23-24,29H,6-12,16,18-19H2,1-5H3/t23?,24?,29-/m0/s1. The van der Waals surface area contributed by atoms with Crippen molar-refractivity contribution in [3.8, 4) is 0 Å². The molecule has 0 spiro atoms. The normalized spacial score (nSPS) is 20.3. The molecular formula is C34H42F6N6O2. The van der Waals surface area contributed by atoms with Crippen LogP contribution in [-0.2, 0) is 35.5 Å². The van der Waals surface area contributed by atoms with Crippen molar-refractivity contribution in [1.29, 1.82) is 0 Å². The van der Waals surface area contributed by atoms with Crippen molar-refractivity contribution < 1.29 is 35.9 Å². The second-order valence-electron chi connectivity index (χ2n) is 13.3. The van der Waals surface area contributed by atoms with E-state index >= 15 is 0 Å². The minimum absolute atomic E-state index is 0.118. The van der Waals surface area contributed by atoms with Crippen LogP contribution < -0.4 is 9.80 Å². The maximum Gasteiger partial charge on any atom is 0.416 e. The highest BCUT2D eigenvalue weighted by atomic mass is 19.4. The fourth-order valence-corrected chi connectivity index (χ4v) is 7.29. The number of aromatic nitrogens is 4. The molecule has 1 aromatic heterocycles. The third kappa shape index (κ3) is 7.89. The predicted octanol–water partition coefficient (Wildman–Crippen LogP) is 7.89. The Bertz CT molecular complexity index is 1580. The average Bonchev–Trinajstić information content (AvgIpc) is 3.38. The minimum atomic E-state index is -4.97. The number of methoxy groups -OCH3 is 1. The number of rotatable bonds is 8. The lowest BCUT2D eigenvalue weighted by atomic mass is 9.80. The number of nitrogens with zero attached hydrogens (tertiary/aromatic N) is 6. The van der Waals surface area contributed by atoms with Crippen LogP contribution in [-0.4, -0.2) is 46.4 Å². The van der Waals surface area contributed by atoms with E-state index in [0.717, 1.165) is 85.3 Å². The molecule has 3 aromatic rings. The first-order valence-electron chi connectivity index (χ1n) is 16.3. The maximum absolute atomic E-state index is 13.8. The van der Waals surface area contributed by atoms with Gasteiger partial charge in [0.25, 0.3) is 5.95 Å². The number of halogens is 6. The van der Waals surface area contributed by atoms with Gasteiger partial charge < -0.3 is 14.5 Å². The van der Waals surface area contributed by atoms with Crippen LogP contribution in [0.1, 0.15) is 89.9 Å². The molecule has 0 N–H and O–H groups in total. The van der Waals surface area contributed by atoms with E-state index in [4.69, 9.17) is 4.74 Å². The summed E-state index contributed by atoms with van der Waals surface area (Å²) in [6, 6.07) is 3.32. The molecule has 1 fully saturated rings. The molecule has 0 amide bonds. The number of ether oxygens (including phenoxy) is 1. The average molecular weight is 681 g/mol. The second-order valence-corrected chi connectivity index (χ2v) is 13.3. The summed E-state index contributed by atoms with van der Waals surface area (Å²) in [6.07, 6.45) is -4.37. The smallest absolute Gasteiger partial charge is 0.416 e. The topological polar surface area (TPSA) is 76.4 Å². The number of carbonyl (C=O) groups excluding carboxylic acids is 1. The first-order valence-corrected chi connectivity index (χ1v) is 16.3.